The van der Waals surface area contributed by atoms with Crippen molar-refractivity contribution in [3.8, 4) is 0 Å². The molecule has 0 heterocycles. The van der Waals surface area contributed by atoms with Gasteiger partial charge in [0.2, 0.25) is 10.0 Å². The molecular weight excluding hydrogens is 254 g/mol. The fourth-order valence-electron chi connectivity index (χ4n) is 1.58. The van der Waals surface area contributed by atoms with Crippen LogP contribution in [0.3, 0.4) is 0 Å². The molecule has 0 fully saturated rings. The normalized spacial score (nSPS) is 13.3. The van der Waals surface area contributed by atoms with Crippen LogP contribution in [-0.2, 0) is 10.0 Å². The quantitative estimate of drug-likeness (QED) is 0.562. The first-order chi connectivity index (χ1) is 8.34. The Kier molecular flexibility index (Phi) is 4.94. The van der Waals surface area contributed by atoms with Crippen molar-refractivity contribution in [1.29, 1.82) is 0 Å². The van der Waals surface area contributed by atoms with Gasteiger partial charge in [-0.2, -0.15) is 0 Å². The van der Waals surface area contributed by atoms with E-state index in [0.29, 0.717) is 17.8 Å². The predicted octanol–water partition coefficient (Wildman–Crippen LogP) is 0.489. The first kappa shape index (κ1) is 14.7. The van der Waals surface area contributed by atoms with E-state index >= 15 is 0 Å². The van der Waals surface area contributed by atoms with Crippen molar-refractivity contribution in [3.63, 3.8) is 0 Å². The highest BCUT2D eigenvalue weighted by Gasteiger charge is 2.11. The van der Waals surface area contributed by atoms with Crippen LogP contribution in [-0.4, -0.2) is 26.2 Å². The molecule has 0 amide bonds. The summed E-state index contributed by atoms with van der Waals surface area (Å²) in [5.74, 6) is 0. The summed E-state index contributed by atoms with van der Waals surface area (Å²) in [4.78, 5) is -0.00596. The Hall–Kier alpha value is -1.31. The molecule has 1 aromatic rings. The van der Waals surface area contributed by atoms with Crippen LogP contribution >= 0.6 is 0 Å². The zero-order valence-electron chi connectivity index (χ0n) is 10.3. The van der Waals surface area contributed by atoms with Crippen molar-refractivity contribution < 1.29 is 13.5 Å². The van der Waals surface area contributed by atoms with Gasteiger partial charge in [-0.25, -0.2) is 13.6 Å². The highest BCUT2D eigenvalue weighted by Crippen LogP contribution is 2.23. The average molecular weight is 273 g/mol. The molecular formula is C11H19N3O3S. The number of anilines is 2. The van der Waals surface area contributed by atoms with E-state index in [-0.39, 0.29) is 17.5 Å². The van der Waals surface area contributed by atoms with Gasteiger partial charge in [0.25, 0.3) is 0 Å². The summed E-state index contributed by atoms with van der Waals surface area (Å²) in [6, 6.07) is 4.47. The average Bonchev–Trinajstić information content (AvgIpc) is 2.27. The molecule has 0 saturated carbocycles. The summed E-state index contributed by atoms with van der Waals surface area (Å²) in [7, 11) is -3.73. The lowest BCUT2D eigenvalue weighted by atomic mass is 10.1. The summed E-state index contributed by atoms with van der Waals surface area (Å²) in [5.41, 5.74) is 6.75. The van der Waals surface area contributed by atoms with Gasteiger partial charge in [0.1, 0.15) is 0 Å². The van der Waals surface area contributed by atoms with E-state index < -0.39 is 10.0 Å². The van der Waals surface area contributed by atoms with Gasteiger partial charge in [0.05, 0.1) is 16.3 Å². The van der Waals surface area contributed by atoms with Gasteiger partial charge in [-0.15, -0.1) is 0 Å². The van der Waals surface area contributed by atoms with Crippen molar-refractivity contribution in [1.82, 2.24) is 0 Å². The third-order valence-electron chi connectivity index (χ3n) is 2.55. The second-order valence-corrected chi connectivity index (χ2v) is 5.77. The lowest BCUT2D eigenvalue weighted by Gasteiger charge is -2.16. The minimum absolute atomic E-state index is 0.00596. The number of hydrogen-bond donors (Lipinski definition) is 4. The predicted molar refractivity (Wildman–Crippen MR) is 71.6 cm³/mol. The second kappa shape index (κ2) is 6.03. The van der Waals surface area contributed by atoms with Crippen LogP contribution in [0, 0.1) is 0 Å². The second-order valence-electron chi connectivity index (χ2n) is 4.21. The van der Waals surface area contributed by atoms with Gasteiger partial charge in [-0.05, 0) is 38.0 Å². The van der Waals surface area contributed by atoms with Gasteiger partial charge >= 0.3 is 0 Å². The summed E-state index contributed by atoms with van der Waals surface area (Å²) >= 11 is 0. The first-order valence-corrected chi connectivity index (χ1v) is 7.19. The zero-order valence-corrected chi connectivity index (χ0v) is 11.1. The third-order valence-corrected chi connectivity index (χ3v) is 3.46. The maximum Gasteiger partial charge on any atom is 0.238 e. The van der Waals surface area contributed by atoms with Crippen LogP contribution in [0.25, 0.3) is 0 Å². The lowest BCUT2D eigenvalue weighted by molar-refractivity contribution is 0.282. The monoisotopic (exact) mass is 273 g/mol. The van der Waals surface area contributed by atoms with E-state index in [2.05, 4.69) is 5.32 Å². The molecule has 0 aliphatic rings. The van der Waals surface area contributed by atoms with Gasteiger partial charge in [0.15, 0.2) is 0 Å². The molecule has 0 aliphatic carbocycles. The van der Waals surface area contributed by atoms with Crippen LogP contribution in [0.1, 0.15) is 19.8 Å². The number of nitrogen functional groups attached to an aromatic ring is 1. The number of sulfonamides is 1. The molecule has 0 radical (unpaired) electrons. The Labute approximate surface area is 107 Å². The van der Waals surface area contributed by atoms with E-state index in [1.807, 2.05) is 6.92 Å². The van der Waals surface area contributed by atoms with Crippen LogP contribution in [0.15, 0.2) is 23.1 Å². The topological polar surface area (TPSA) is 118 Å². The number of primary sulfonamides is 1. The molecule has 0 bridgehead atoms. The largest absolute Gasteiger partial charge is 0.397 e. The molecule has 6 nitrogen and oxygen atoms in total. The first-order valence-electron chi connectivity index (χ1n) is 5.64. The number of nitrogens with two attached hydrogens (primary N) is 2. The number of rotatable bonds is 6. The van der Waals surface area contributed by atoms with Crippen LogP contribution in [0.5, 0.6) is 0 Å². The Morgan fingerprint density at radius 1 is 1.44 bits per heavy atom. The molecule has 0 aromatic heterocycles. The van der Waals surface area contributed by atoms with E-state index in [0.717, 1.165) is 6.42 Å². The van der Waals surface area contributed by atoms with Crippen molar-refractivity contribution >= 4 is 21.4 Å². The highest BCUT2D eigenvalue weighted by molar-refractivity contribution is 7.89. The van der Waals surface area contributed by atoms with Crippen molar-refractivity contribution in [2.75, 3.05) is 17.7 Å². The SMILES string of the molecule is CC(CCCO)Nc1ccc(S(N)(=O)=O)cc1N. The smallest absolute Gasteiger partial charge is 0.238 e. The number of nitrogens with one attached hydrogen (secondary N) is 1. The molecule has 7 heteroatoms. The molecule has 1 aromatic carbocycles. The molecule has 1 rings (SSSR count). The lowest BCUT2D eigenvalue weighted by Crippen LogP contribution is -2.17. The Morgan fingerprint density at radius 2 is 2.11 bits per heavy atom. The molecule has 6 N–H and O–H groups in total. The Balaban J connectivity index is 2.80. The minimum Gasteiger partial charge on any atom is -0.397 e. The molecule has 102 valence electrons. The van der Waals surface area contributed by atoms with Gasteiger partial charge in [0, 0.05) is 12.6 Å². The van der Waals surface area contributed by atoms with Crippen LogP contribution in [0.4, 0.5) is 11.4 Å². The summed E-state index contributed by atoms with van der Waals surface area (Å²) in [5, 5.41) is 16.9. The highest BCUT2D eigenvalue weighted by atomic mass is 32.2. The summed E-state index contributed by atoms with van der Waals surface area (Å²) < 4.78 is 22.3. The Morgan fingerprint density at radius 3 is 2.61 bits per heavy atom. The van der Waals surface area contributed by atoms with E-state index in [1.54, 1.807) is 6.07 Å². The zero-order chi connectivity index (χ0) is 13.8. The number of hydrogen-bond acceptors (Lipinski definition) is 5. The molecule has 0 spiro atoms. The fourth-order valence-corrected chi connectivity index (χ4v) is 2.13. The molecule has 18 heavy (non-hydrogen) atoms. The van der Waals surface area contributed by atoms with Crippen molar-refractivity contribution in [2.45, 2.75) is 30.7 Å². The summed E-state index contributed by atoms with van der Waals surface area (Å²) in [6.07, 6.45) is 1.50. The van der Waals surface area contributed by atoms with Crippen molar-refractivity contribution in [3.05, 3.63) is 18.2 Å². The van der Waals surface area contributed by atoms with Gasteiger partial charge < -0.3 is 16.2 Å². The Bertz CT molecular complexity index is 502. The van der Waals surface area contributed by atoms with Crippen LogP contribution in [0.2, 0.25) is 0 Å². The molecule has 0 saturated heterocycles. The van der Waals surface area contributed by atoms with Crippen LogP contribution < -0.4 is 16.2 Å². The molecule has 1 unspecified atom stereocenters. The number of aliphatic hydroxyl groups excluding tert-OH is 1. The summed E-state index contributed by atoms with van der Waals surface area (Å²) in [6.45, 7) is 2.11. The van der Waals surface area contributed by atoms with E-state index in [4.69, 9.17) is 16.0 Å². The standard InChI is InChI=1S/C11H19N3O3S/c1-8(3-2-6-15)14-11-5-4-9(7-10(11)12)18(13,16)17/h4-5,7-8,14-15H,2-3,6,12H2,1H3,(H2,13,16,17). The molecule has 1 atom stereocenters. The number of benzene rings is 1. The maximum absolute atomic E-state index is 11.1. The fraction of sp³-hybridized carbons (Fsp3) is 0.455. The van der Waals surface area contributed by atoms with Crippen molar-refractivity contribution in [2.24, 2.45) is 5.14 Å². The third kappa shape index (κ3) is 4.17. The minimum atomic E-state index is -3.73. The van der Waals surface area contributed by atoms with Gasteiger partial charge in [-0.3, -0.25) is 0 Å². The maximum atomic E-state index is 11.1. The number of aliphatic hydroxyl groups is 1. The van der Waals surface area contributed by atoms with Gasteiger partial charge in [-0.1, -0.05) is 0 Å². The van der Waals surface area contributed by atoms with E-state index in [1.165, 1.54) is 12.1 Å². The van der Waals surface area contributed by atoms with E-state index in [9.17, 15) is 8.42 Å². The molecule has 0 aliphatic heterocycles.